The van der Waals surface area contributed by atoms with Gasteiger partial charge in [0.1, 0.15) is 5.69 Å². The standard InChI is InChI=1S/C49H52ClN7O6S2.ClH/c1-33-46(49(58)59)47(48(56(33)40-20-21-40)34-12-14-36(50)15-13-34)35-8-7-9-41(30-35)55-28-26-54(27-29-55)39-18-16-37(17-19-39)52-65(62,63)43-22-23-44(45(31-43)57(60)61)51-38(24-25-53(2)3)32-64-42-10-5-4-6-11-42;/h4-19,22-23,30-31,38,40,51-52H,20-21,24-29,32H2,1-3H3,(H,58,59);1H/t38-;/m1./s1. The number of nitro benzene ring substituents is 1. The van der Waals surface area contributed by atoms with E-state index in [1.807, 2.05) is 99.9 Å². The second-order valence-corrected chi connectivity index (χ2v) is 20.0. The van der Waals surface area contributed by atoms with Crippen LogP contribution in [-0.4, -0.2) is 92.5 Å². The topological polar surface area (TPSA) is 153 Å². The Balaban J connectivity index is 0.00000648. The molecule has 2 heterocycles. The fraction of sp³-hybridized carbons (Fsp3) is 0.286. The smallest absolute Gasteiger partial charge is 0.338 e. The Kier molecular flexibility index (Phi) is 15.2. The molecule has 3 N–H and O–H groups in total. The summed E-state index contributed by atoms with van der Waals surface area (Å²) in [5.41, 5.74) is 6.64. The molecule has 0 spiro atoms. The molecule has 66 heavy (non-hydrogen) atoms. The van der Waals surface area contributed by atoms with Crippen LogP contribution in [-0.2, 0) is 10.0 Å². The molecule has 5 aromatic carbocycles. The van der Waals surface area contributed by atoms with Crippen LogP contribution in [0.3, 0.4) is 0 Å². The largest absolute Gasteiger partial charge is 0.478 e. The Morgan fingerprint density at radius 2 is 1.55 bits per heavy atom. The number of piperazine rings is 1. The zero-order chi connectivity index (χ0) is 45.8. The van der Waals surface area contributed by atoms with Crippen LogP contribution in [0.15, 0.2) is 131 Å². The minimum absolute atomic E-state index is 0. The van der Waals surface area contributed by atoms with Crippen molar-refractivity contribution in [3.63, 3.8) is 0 Å². The van der Waals surface area contributed by atoms with E-state index in [1.54, 1.807) is 23.9 Å². The highest BCUT2D eigenvalue weighted by molar-refractivity contribution is 7.99. The molecular formula is C49H53Cl2N7O6S2. The second-order valence-electron chi connectivity index (χ2n) is 16.8. The molecule has 2 fully saturated rings. The van der Waals surface area contributed by atoms with Gasteiger partial charge in [-0.25, -0.2) is 13.2 Å². The number of halogens is 2. The molecular weight excluding hydrogens is 918 g/mol. The summed E-state index contributed by atoms with van der Waals surface area (Å²) in [6, 6.07) is 36.9. The van der Waals surface area contributed by atoms with Crippen molar-refractivity contribution in [2.24, 2.45) is 0 Å². The van der Waals surface area contributed by atoms with Gasteiger partial charge in [0.25, 0.3) is 15.7 Å². The third-order valence-electron chi connectivity index (χ3n) is 11.9. The van der Waals surface area contributed by atoms with E-state index in [0.29, 0.717) is 53.8 Å². The normalized spacial score (nSPS) is 14.4. The lowest BCUT2D eigenvalue weighted by molar-refractivity contribution is -0.384. The molecule has 2 aliphatic rings. The lowest BCUT2D eigenvalue weighted by atomic mass is 9.96. The number of aromatic carboxylic acids is 1. The average Bonchev–Trinajstić information content (AvgIpc) is 4.09. The number of hydrogen-bond donors (Lipinski definition) is 3. The number of carboxylic acids is 1. The zero-order valence-corrected chi connectivity index (χ0v) is 40.1. The fourth-order valence-electron chi connectivity index (χ4n) is 8.46. The number of carbonyl (C=O) groups is 1. The molecule has 6 aromatic rings. The maximum Gasteiger partial charge on any atom is 0.338 e. The first-order valence-corrected chi connectivity index (χ1v) is 24.4. The van der Waals surface area contributed by atoms with Crippen LogP contribution in [0.4, 0.5) is 28.4 Å². The monoisotopic (exact) mass is 969 g/mol. The summed E-state index contributed by atoms with van der Waals surface area (Å²) < 4.78 is 32.0. The number of anilines is 4. The Bertz CT molecular complexity index is 2780. The van der Waals surface area contributed by atoms with E-state index in [1.165, 1.54) is 12.1 Å². The lowest BCUT2D eigenvalue weighted by Gasteiger charge is -2.37. The van der Waals surface area contributed by atoms with Crippen LogP contribution < -0.4 is 19.8 Å². The van der Waals surface area contributed by atoms with Crippen molar-refractivity contribution in [3.8, 4) is 22.4 Å². The SMILES string of the molecule is Cc1c(C(=O)O)c(-c2cccc(N3CCN(c4ccc(NS(=O)(=O)c5ccc(N[C@H](CCN(C)C)CSc6ccccc6)c([N+](=O)[O-])c5)cc4)CC3)c2)c(-c2ccc(Cl)cc2)n1C1CC1.Cl. The molecule has 8 rings (SSSR count). The van der Waals surface area contributed by atoms with Crippen molar-refractivity contribution < 1.29 is 23.2 Å². The van der Waals surface area contributed by atoms with Gasteiger partial charge in [0.2, 0.25) is 0 Å². The van der Waals surface area contributed by atoms with Crippen molar-refractivity contribution in [3.05, 3.63) is 148 Å². The van der Waals surface area contributed by atoms with Gasteiger partial charge in [-0.3, -0.25) is 14.8 Å². The first kappa shape index (κ1) is 48.2. The van der Waals surface area contributed by atoms with Gasteiger partial charge in [-0.05, 0) is 131 Å². The van der Waals surface area contributed by atoms with Gasteiger partial charge in [0.15, 0.2) is 0 Å². The van der Waals surface area contributed by atoms with Crippen LogP contribution in [0.1, 0.15) is 41.4 Å². The van der Waals surface area contributed by atoms with E-state index in [9.17, 15) is 28.4 Å². The molecule has 1 aliphatic carbocycles. The number of sulfonamides is 1. The molecule has 1 aliphatic heterocycles. The predicted molar refractivity (Wildman–Crippen MR) is 270 cm³/mol. The quantitative estimate of drug-likeness (QED) is 0.0428. The zero-order valence-electron chi connectivity index (χ0n) is 36.9. The molecule has 17 heteroatoms. The number of benzene rings is 5. The number of nitro groups is 1. The Morgan fingerprint density at radius 3 is 2.17 bits per heavy atom. The van der Waals surface area contributed by atoms with Gasteiger partial charge in [0, 0.05) is 88.3 Å². The summed E-state index contributed by atoms with van der Waals surface area (Å²) in [5.74, 6) is -0.291. The summed E-state index contributed by atoms with van der Waals surface area (Å²) in [7, 11) is -0.214. The molecule has 0 unspecified atom stereocenters. The summed E-state index contributed by atoms with van der Waals surface area (Å²) in [6.07, 6.45) is 2.74. The van der Waals surface area contributed by atoms with Crippen LogP contribution in [0, 0.1) is 17.0 Å². The number of nitrogens with one attached hydrogen (secondary N) is 2. The Labute approximate surface area is 401 Å². The maximum absolute atomic E-state index is 13.6. The molecule has 0 bridgehead atoms. The van der Waals surface area contributed by atoms with E-state index in [0.717, 1.165) is 70.7 Å². The molecule has 1 atom stereocenters. The van der Waals surface area contributed by atoms with E-state index in [2.05, 4.69) is 41.4 Å². The molecule has 0 radical (unpaired) electrons. The highest BCUT2D eigenvalue weighted by Crippen LogP contribution is 2.47. The van der Waals surface area contributed by atoms with Crippen molar-refractivity contribution in [1.82, 2.24) is 9.47 Å². The molecule has 13 nitrogen and oxygen atoms in total. The number of thioether (sulfide) groups is 1. The molecule has 1 aromatic heterocycles. The van der Waals surface area contributed by atoms with E-state index >= 15 is 0 Å². The van der Waals surface area contributed by atoms with Crippen molar-refractivity contribution >= 4 is 80.2 Å². The minimum atomic E-state index is -4.16. The van der Waals surface area contributed by atoms with Crippen molar-refractivity contribution in [2.45, 2.75) is 48.1 Å². The number of carboxylic acid groups (broad SMARTS) is 1. The van der Waals surface area contributed by atoms with Gasteiger partial charge in [-0.2, -0.15) is 0 Å². The van der Waals surface area contributed by atoms with Gasteiger partial charge in [0.05, 0.1) is 21.1 Å². The summed E-state index contributed by atoms with van der Waals surface area (Å²) in [4.78, 5) is 32.1. The summed E-state index contributed by atoms with van der Waals surface area (Å²) in [6.45, 7) is 5.49. The number of hydrogen-bond acceptors (Lipinski definition) is 10. The molecule has 1 saturated heterocycles. The Hall–Kier alpha value is -5.71. The van der Waals surface area contributed by atoms with E-state index in [-0.39, 0.29) is 40.8 Å². The van der Waals surface area contributed by atoms with Crippen LogP contribution in [0.2, 0.25) is 5.02 Å². The summed E-state index contributed by atoms with van der Waals surface area (Å²) >= 11 is 7.92. The first-order valence-electron chi connectivity index (χ1n) is 21.6. The molecule has 1 saturated carbocycles. The fourth-order valence-corrected chi connectivity index (χ4v) is 10.7. The Morgan fingerprint density at radius 1 is 0.879 bits per heavy atom. The van der Waals surface area contributed by atoms with Crippen LogP contribution in [0.5, 0.6) is 0 Å². The number of nitrogens with zero attached hydrogens (tertiary/aromatic N) is 5. The van der Waals surface area contributed by atoms with E-state index in [4.69, 9.17) is 11.6 Å². The molecule has 0 amide bonds. The maximum atomic E-state index is 13.6. The third-order valence-corrected chi connectivity index (χ3v) is 14.7. The highest BCUT2D eigenvalue weighted by Gasteiger charge is 2.34. The predicted octanol–water partition coefficient (Wildman–Crippen LogP) is 10.8. The van der Waals surface area contributed by atoms with Gasteiger partial charge in [-0.1, -0.05) is 54.1 Å². The lowest BCUT2D eigenvalue weighted by Crippen LogP contribution is -2.46. The number of aromatic nitrogens is 1. The second kappa shape index (κ2) is 20.9. The average molecular weight is 971 g/mol. The highest BCUT2D eigenvalue weighted by atomic mass is 35.5. The third kappa shape index (κ3) is 11.1. The number of rotatable bonds is 18. The molecule has 346 valence electrons. The first-order chi connectivity index (χ1) is 31.3. The van der Waals surface area contributed by atoms with Crippen molar-refractivity contribution in [2.75, 3.05) is 72.4 Å². The minimum Gasteiger partial charge on any atom is -0.478 e. The van der Waals surface area contributed by atoms with E-state index < -0.39 is 20.9 Å². The van der Waals surface area contributed by atoms with Gasteiger partial charge >= 0.3 is 5.97 Å². The summed E-state index contributed by atoms with van der Waals surface area (Å²) in [5, 5.41) is 26.8. The van der Waals surface area contributed by atoms with Gasteiger partial charge < -0.3 is 29.7 Å². The van der Waals surface area contributed by atoms with Crippen LogP contribution >= 0.6 is 35.8 Å². The van der Waals surface area contributed by atoms with Crippen molar-refractivity contribution in [1.29, 1.82) is 0 Å². The van der Waals surface area contributed by atoms with Crippen LogP contribution in [0.25, 0.3) is 22.4 Å². The van der Waals surface area contributed by atoms with Gasteiger partial charge in [-0.15, -0.1) is 24.2 Å².